The SMILES string of the molecule is Cc1ccc(-c2ccc3c4ccccc4n(-c4cc(-c5ccccc5C(F)(F)F)cc(-n5c6ccccc6c6ccc(-c7ccc(C)cc7C)cc65)c4C#N)c3c2)c(C)c1. The molecule has 0 amide bonds. The number of nitriles is 1. The highest BCUT2D eigenvalue weighted by Crippen LogP contribution is 2.44. The van der Waals surface area contributed by atoms with Crippen LogP contribution in [0.3, 0.4) is 0 Å². The smallest absolute Gasteiger partial charge is 0.308 e. The highest BCUT2D eigenvalue weighted by atomic mass is 19.4. The van der Waals surface area contributed by atoms with Gasteiger partial charge in [-0.1, -0.05) is 126 Å². The Kier molecular flexibility index (Phi) is 8.55. The van der Waals surface area contributed by atoms with Crippen molar-refractivity contribution in [3.63, 3.8) is 0 Å². The first kappa shape index (κ1) is 36.9. The van der Waals surface area contributed by atoms with Gasteiger partial charge in [-0.05, 0) is 115 Å². The van der Waals surface area contributed by atoms with Gasteiger partial charge in [0.2, 0.25) is 0 Å². The van der Waals surface area contributed by atoms with Crippen molar-refractivity contribution in [2.45, 2.75) is 33.9 Å². The molecule has 0 saturated carbocycles. The standard InChI is InChI=1S/C54H38F3N3/c1-32-17-21-39(34(3)25-32)36-19-23-44-42-12-6-9-15-48(42)59(50(44)27-36)52-29-38(41-11-5-8-14-47(41)54(55,56)57)30-53(46(52)31-58)60-49-16-10-7-13-43(49)45-24-20-37(28-51(45)60)40-22-18-33(2)26-35(40)4/h5-30H,1-4H3. The Bertz CT molecular complexity index is 3240. The molecule has 10 rings (SSSR count). The average molecular weight is 786 g/mol. The summed E-state index contributed by atoms with van der Waals surface area (Å²) in [6, 6.07) is 53.3. The molecule has 0 atom stereocenters. The summed E-state index contributed by atoms with van der Waals surface area (Å²) in [6.07, 6.45) is -4.62. The van der Waals surface area contributed by atoms with Crippen molar-refractivity contribution in [2.75, 3.05) is 0 Å². The van der Waals surface area contributed by atoms with Gasteiger partial charge in [-0.15, -0.1) is 0 Å². The van der Waals surface area contributed by atoms with E-state index in [4.69, 9.17) is 0 Å². The van der Waals surface area contributed by atoms with Gasteiger partial charge in [0.25, 0.3) is 0 Å². The fourth-order valence-electron chi connectivity index (χ4n) is 9.29. The molecule has 0 fully saturated rings. The third kappa shape index (κ3) is 5.88. The molecule has 0 spiro atoms. The zero-order valence-corrected chi connectivity index (χ0v) is 33.5. The van der Waals surface area contributed by atoms with Crippen LogP contribution < -0.4 is 0 Å². The fraction of sp³-hybridized carbons (Fsp3) is 0.0926. The predicted molar refractivity (Wildman–Crippen MR) is 240 cm³/mol. The van der Waals surface area contributed by atoms with Crippen LogP contribution in [0.2, 0.25) is 0 Å². The van der Waals surface area contributed by atoms with Crippen LogP contribution in [0.15, 0.2) is 158 Å². The summed E-state index contributed by atoms with van der Waals surface area (Å²) < 4.78 is 48.9. The van der Waals surface area contributed by atoms with E-state index in [9.17, 15) is 18.4 Å². The molecule has 8 aromatic carbocycles. The largest absolute Gasteiger partial charge is 0.417 e. The minimum Gasteiger partial charge on any atom is -0.308 e. The summed E-state index contributed by atoms with van der Waals surface area (Å²) in [7, 11) is 0. The van der Waals surface area contributed by atoms with E-state index in [1.165, 1.54) is 23.3 Å². The van der Waals surface area contributed by atoms with Crippen LogP contribution in [-0.4, -0.2) is 9.13 Å². The zero-order chi connectivity index (χ0) is 41.4. The highest BCUT2D eigenvalue weighted by molar-refractivity contribution is 6.12. The molecule has 3 nitrogen and oxygen atoms in total. The summed E-state index contributed by atoms with van der Waals surface area (Å²) in [4.78, 5) is 0. The van der Waals surface area contributed by atoms with Crippen molar-refractivity contribution in [1.82, 2.24) is 9.13 Å². The number of nitrogens with zero attached hydrogens (tertiary/aromatic N) is 3. The molecule has 0 saturated heterocycles. The molecule has 60 heavy (non-hydrogen) atoms. The Morgan fingerprint density at radius 2 is 0.883 bits per heavy atom. The number of hydrogen-bond acceptors (Lipinski definition) is 1. The van der Waals surface area contributed by atoms with Gasteiger partial charge in [0.05, 0.1) is 39.0 Å². The van der Waals surface area contributed by atoms with Crippen molar-refractivity contribution >= 4 is 43.6 Å². The first-order chi connectivity index (χ1) is 29.0. The molecule has 2 heterocycles. The molecule has 0 unspecified atom stereocenters. The zero-order valence-electron chi connectivity index (χ0n) is 33.5. The van der Waals surface area contributed by atoms with E-state index in [-0.39, 0.29) is 5.56 Å². The predicted octanol–water partition coefficient (Wildman–Crippen LogP) is 15.0. The minimum atomic E-state index is -4.62. The van der Waals surface area contributed by atoms with Crippen LogP contribution in [0.4, 0.5) is 13.2 Å². The van der Waals surface area contributed by atoms with E-state index in [1.54, 1.807) is 18.2 Å². The number of aryl methyl sites for hydroxylation is 4. The number of benzene rings is 8. The number of hydrogen-bond donors (Lipinski definition) is 0. The summed E-state index contributed by atoms with van der Waals surface area (Å²) in [5.74, 6) is 0. The third-order valence-corrected chi connectivity index (χ3v) is 12.0. The Balaban J connectivity index is 1.36. The first-order valence-corrected chi connectivity index (χ1v) is 20.0. The number of rotatable bonds is 5. The Labute approximate surface area is 345 Å². The Morgan fingerprint density at radius 1 is 0.433 bits per heavy atom. The molecule has 290 valence electrons. The summed E-state index contributed by atoms with van der Waals surface area (Å²) >= 11 is 0. The molecule has 0 radical (unpaired) electrons. The maximum atomic E-state index is 14.9. The molecule has 10 aromatic rings. The lowest BCUT2D eigenvalue weighted by atomic mass is 9.95. The molecule has 0 N–H and O–H groups in total. The molecule has 0 aliphatic rings. The topological polar surface area (TPSA) is 33.6 Å². The average Bonchev–Trinajstić information content (AvgIpc) is 3.75. The molecule has 0 aliphatic carbocycles. The number of halogens is 3. The van der Waals surface area contributed by atoms with Gasteiger partial charge in [-0.3, -0.25) is 0 Å². The second-order valence-corrected chi connectivity index (χ2v) is 15.9. The number of alkyl halides is 3. The maximum absolute atomic E-state index is 14.9. The molecule has 6 heteroatoms. The van der Waals surface area contributed by atoms with E-state index in [1.807, 2.05) is 36.4 Å². The lowest BCUT2D eigenvalue weighted by Gasteiger charge is -2.20. The van der Waals surface area contributed by atoms with Crippen LogP contribution in [0.5, 0.6) is 0 Å². The van der Waals surface area contributed by atoms with Crippen molar-refractivity contribution in [1.29, 1.82) is 5.26 Å². The van der Waals surface area contributed by atoms with E-state index >= 15 is 0 Å². The molecular formula is C54H38F3N3. The van der Waals surface area contributed by atoms with Gasteiger partial charge in [-0.25, -0.2) is 0 Å². The van der Waals surface area contributed by atoms with E-state index < -0.39 is 11.7 Å². The van der Waals surface area contributed by atoms with E-state index in [2.05, 4.69) is 128 Å². The van der Waals surface area contributed by atoms with Gasteiger partial charge in [-0.2, -0.15) is 18.4 Å². The lowest BCUT2D eigenvalue weighted by molar-refractivity contribution is -0.137. The van der Waals surface area contributed by atoms with Crippen molar-refractivity contribution in [3.05, 3.63) is 191 Å². The first-order valence-electron chi connectivity index (χ1n) is 20.0. The monoisotopic (exact) mass is 785 g/mol. The Hall–Kier alpha value is -7.36. The van der Waals surface area contributed by atoms with Gasteiger partial charge in [0.1, 0.15) is 11.6 Å². The van der Waals surface area contributed by atoms with Crippen molar-refractivity contribution in [2.24, 2.45) is 0 Å². The van der Waals surface area contributed by atoms with Crippen LogP contribution >= 0.6 is 0 Å². The number of aromatic nitrogens is 2. The van der Waals surface area contributed by atoms with Crippen LogP contribution in [0.25, 0.3) is 88.4 Å². The minimum absolute atomic E-state index is 0.0328. The highest BCUT2D eigenvalue weighted by Gasteiger charge is 2.34. The van der Waals surface area contributed by atoms with E-state index in [0.29, 0.717) is 22.5 Å². The van der Waals surface area contributed by atoms with Gasteiger partial charge >= 0.3 is 6.18 Å². The van der Waals surface area contributed by atoms with Crippen molar-refractivity contribution < 1.29 is 13.2 Å². The van der Waals surface area contributed by atoms with Crippen LogP contribution in [0.1, 0.15) is 33.4 Å². The normalized spacial score (nSPS) is 11.9. The molecular weight excluding hydrogens is 748 g/mol. The fourth-order valence-corrected chi connectivity index (χ4v) is 9.29. The van der Waals surface area contributed by atoms with Gasteiger partial charge < -0.3 is 9.13 Å². The van der Waals surface area contributed by atoms with Crippen LogP contribution in [-0.2, 0) is 6.18 Å². The van der Waals surface area contributed by atoms with E-state index in [0.717, 1.165) is 83.1 Å². The number of fused-ring (bicyclic) bond motifs is 6. The summed E-state index contributed by atoms with van der Waals surface area (Å²) in [5.41, 5.74) is 13.1. The summed E-state index contributed by atoms with van der Waals surface area (Å²) in [5, 5.41) is 15.4. The third-order valence-electron chi connectivity index (χ3n) is 12.0. The van der Waals surface area contributed by atoms with Gasteiger partial charge in [0.15, 0.2) is 0 Å². The molecule has 0 bridgehead atoms. The Morgan fingerprint density at radius 3 is 1.35 bits per heavy atom. The number of para-hydroxylation sites is 2. The lowest BCUT2D eigenvalue weighted by Crippen LogP contribution is -2.09. The van der Waals surface area contributed by atoms with Gasteiger partial charge in [0, 0.05) is 21.5 Å². The maximum Gasteiger partial charge on any atom is 0.417 e. The summed E-state index contributed by atoms with van der Waals surface area (Å²) in [6.45, 7) is 8.34. The quantitative estimate of drug-likeness (QED) is 0.171. The second kappa shape index (κ2) is 13.9. The molecule has 2 aromatic heterocycles. The van der Waals surface area contributed by atoms with Crippen LogP contribution in [0, 0.1) is 39.0 Å². The molecule has 0 aliphatic heterocycles. The second-order valence-electron chi connectivity index (χ2n) is 15.9. The van der Waals surface area contributed by atoms with Crippen molar-refractivity contribution in [3.8, 4) is 50.8 Å².